The number of aromatic nitrogens is 2. The number of H-pyrrole nitrogens is 1. The number of fused-ring (bicyclic) bond motifs is 1. The van der Waals surface area contributed by atoms with Crippen molar-refractivity contribution in [3.63, 3.8) is 0 Å². The summed E-state index contributed by atoms with van der Waals surface area (Å²) >= 11 is 3.24. The molecule has 0 atom stereocenters. The van der Waals surface area contributed by atoms with E-state index in [4.69, 9.17) is 0 Å². The minimum atomic E-state index is -0.418. The third-order valence-electron chi connectivity index (χ3n) is 3.25. The van der Waals surface area contributed by atoms with Crippen LogP contribution in [-0.4, -0.2) is 27.6 Å². The summed E-state index contributed by atoms with van der Waals surface area (Å²) in [6, 6.07) is 4.76. The first-order valence-electron chi connectivity index (χ1n) is 5.86. The number of nitro groups is 1. The zero-order valence-corrected chi connectivity index (χ0v) is 11.8. The molecular formula is C12H9BrN4O3. The number of nitro benzene ring substituents is 1. The van der Waals surface area contributed by atoms with Crippen molar-refractivity contribution in [1.29, 1.82) is 0 Å². The van der Waals surface area contributed by atoms with E-state index >= 15 is 0 Å². The Kier molecular flexibility index (Phi) is 3.01. The van der Waals surface area contributed by atoms with E-state index in [0.29, 0.717) is 34.4 Å². The van der Waals surface area contributed by atoms with E-state index in [1.807, 2.05) is 0 Å². The molecule has 0 saturated heterocycles. The summed E-state index contributed by atoms with van der Waals surface area (Å²) in [4.78, 5) is 24.5. The maximum atomic E-state index is 12.4. The van der Waals surface area contributed by atoms with E-state index in [9.17, 15) is 14.9 Å². The summed E-state index contributed by atoms with van der Waals surface area (Å²) in [5.74, 6) is -0.256. The summed E-state index contributed by atoms with van der Waals surface area (Å²) in [7, 11) is 0. The normalized spacial score (nSPS) is 13.3. The van der Waals surface area contributed by atoms with Crippen LogP contribution in [0.3, 0.4) is 0 Å². The van der Waals surface area contributed by atoms with Crippen molar-refractivity contribution in [3.05, 3.63) is 50.2 Å². The predicted molar refractivity (Wildman–Crippen MR) is 74.8 cm³/mol. The quantitative estimate of drug-likeness (QED) is 0.672. The fourth-order valence-electron chi connectivity index (χ4n) is 2.35. The third kappa shape index (κ3) is 1.88. The van der Waals surface area contributed by atoms with Crippen LogP contribution in [0.4, 0.5) is 11.4 Å². The van der Waals surface area contributed by atoms with Crippen LogP contribution in [0.15, 0.2) is 28.9 Å². The number of benzene rings is 1. The zero-order valence-electron chi connectivity index (χ0n) is 10.2. The second-order valence-electron chi connectivity index (χ2n) is 4.33. The molecule has 0 fully saturated rings. The van der Waals surface area contributed by atoms with Crippen molar-refractivity contribution < 1.29 is 9.72 Å². The minimum absolute atomic E-state index is 0.0569. The highest BCUT2D eigenvalue weighted by atomic mass is 79.9. The van der Waals surface area contributed by atoms with Crippen molar-refractivity contribution in [2.75, 3.05) is 11.4 Å². The zero-order chi connectivity index (χ0) is 14.3. The maximum absolute atomic E-state index is 12.4. The first-order valence-corrected chi connectivity index (χ1v) is 6.66. The van der Waals surface area contributed by atoms with Crippen LogP contribution >= 0.6 is 15.9 Å². The molecule has 1 aliphatic rings. The Balaban J connectivity index is 2.02. The number of amides is 1. The predicted octanol–water partition coefficient (Wildman–Crippen LogP) is 2.28. The number of hydrogen-bond acceptors (Lipinski definition) is 4. The Morgan fingerprint density at radius 1 is 1.50 bits per heavy atom. The van der Waals surface area contributed by atoms with Gasteiger partial charge >= 0.3 is 0 Å². The number of anilines is 1. The third-order valence-corrected chi connectivity index (χ3v) is 3.85. The Morgan fingerprint density at radius 3 is 2.95 bits per heavy atom. The van der Waals surface area contributed by atoms with Crippen LogP contribution in [0.2, 0.25) is 0 Å². The number of carbonyl (C=O) groups is 1. The van der Waals surface area contributed by atoms with E-state index in [2.05, 4.69) is 26.1 Å². The fraction of sp³-hybridized carbons (Fsp3) is 0.167. The van der Waals surface area contributed by atoms with E-state index in [-0.39, 0.29) is 11.6 Å². The van der Waals surface area contributed by atoms with Crippen LogP contribution in [0.5, 0.6) is 0 Å². The molecule has 1 aromatic heterocycles. The highest BCUT2D eigenvalue weighted by molar-refractivity contribution is 9.10. The first kappa shape index (κ1) is 12.8. The summed E-state index contributed by atoms with van der Waals surface area (Å²) in [6.07, 6.45) is 1.97. The summed E-state index contributed by atoms with van der Waals surface area (Å²) in [6.45, 7) is 0.421. The van der Waals surface area contributed by atoms with Gasteiger partial charge in [-0.15, -0.1) is 0 Å². The molecule has 1 aromatic carbocycles. The molecule has 0 aliphatic carbocycles. The Bertz CT molecular complexity index is 712. The lowest BCUT2D eigenvalue weighted by Crippen LogP contribution is -2.29. The second kappa shape index (κ2) is 4.71. The van der Waals surface area contributed by atoms with Crippen molar-refractivity contribution in [2.24, 2.45) is 0 Å². The van der Waals surface area contributed by atoms with E-state index in [1.165, 1.54) is 17.2 Å². The average Bonchev–Trinajstić information content (AvgIpc) is 3.03. The van der Waals surface area contributed by atoms with E-state index in [0.717, 1.165) is 0 Å². The fourth-order valence-corrected chi connectivity index (χ4v) is 2.71. The largest absolute Gasteiger partial charge is 0.306 e. The van der Waals surface area contributed by atoms with Gasteiger partial charge in [0.15, 0.2) is 0 Å². The molecule has 20 heavy (non-hydrogen) atoms. The van der Waals surface area contributed by atoms with Crippen molar-refractivity contribution >= 4 is 33.2 Å². The second-order valence-corrected chi connectivity index (χ2v) is 5.19. The summed E-state index contributed by atoms with van der Waals surface area (Å²) < 4.78 is 0.571. The molecule has 1 amide bonds. The maximum Gasteiger partial charge on any atom is 0.277 e. The molecule has 0 bridgehead atoms. The summed E-state index contributed by atoms with van der Waals surface area (Å²) in [5, 5.41) is 17.4. The first-order chi connectivity index (χ1) is 9.59. The molecule has 3 rings (SSSR count). The number of aromatic amines is 1. The van der Waals surface area contributed by atoms with E-state index < -0.39 is 4.92 Å². The van der Waals surface area contributed by atoms with Crippen molar-refractivity contribution in [2.45, 2.75) is 6.42 Å². The Labute approximate surface area is 121 Å². The summed E-state index contributed by atoms with van der Waals surface area (Å²) in [5.41, 5.74) is 1.58. The number of carbonyl (C=O) groups excluding carboxylic acids is 1. The van der Waals surface area contributed by atoms with Crippen molar-refractivity contribution in [3.8, 4) is 0 Å². The van der Waals surface area contributed by atoms with Gasteiger partial charge in [-0.05, 0) is 28.4 Å². The lowest BCUT2D eigenvalue weighted by Gasteiger charge is -2.16. The van der Waals surface area contributed by atoms with Gasteiger partial charge in [0.25, 0.3) is 11.6 Å². The SMILES string of the molecule is O=C(c1[nH]ncc1Br)N1CCc2c1cccc2[N+](=O)[O-]. The molecular weight excluding hydrogens is 328 g/mol. The highest BCUT2D eigenvalue weighted by Gasteiger charge is 2.32. The van der Waals surface area contributed by atoms with Gasteiger partial charge in [-0.25, -0.2) is 0 Å². The van der Waals surface area contributed by atoms with Gasteiger partial charge in [0.2, 0.25) is 0 Å². The average molecular weight is 337 g/mol. The molecule has 2 heterocycles. The van der Waals surface area contributed by atoms with Crippen LogP contribution in [0.1, 0.15) is 16.1 Å². The molecule has 0 unspecified atom stereocenters. The molecule has 0 saturated carbocycles. The van der Waals surface area contributed by atoms with Crippen LogP contribution in [0.25, 0.3) is 0 Å². The molecule has 2 aromatic rings. The number of nitrogens with one attached hydrogen (secondary N) is 1. The van der Waals surface area contributed by atoms with Crippen LogP contribution in [-0.2, 0) is 6.42 Å². The molecule has 0 spiro atoms. The van der Waals surface area contributed by atoms with Gasteiger partial charge in [-0.1, -0.05) is 6.07 Å². The van der Waals surface area contributed by atoms with Crippen molar-refractivity contribution in [1.82, 2.24) is 10.2 Å². The molecule has 8 heteroatoms. The van der Waals surface area contributed by atoms with Gasteiger partial charge in [0.05, 0.1) is 26.8 Å². The van der Waals surface area contributed by atoms with Gasteiger partial charge < -0.3 is 4.90 Å². The Hall–Kier alpha value is -2.22. The lowest BCUT2D eigenvalue weighted by molar-refractivity contribution is -0.385. The van der Waals surface area contributed by atoms with Gasteiger partial charge in [-0.3, -0.25) is 20.0 Å². The topological polar surface area (TPSA) is 92.1 Å². The standard InChI is InChI=1S/C12H9BrN4O3/c13-8-6-14-15-11(8)12(18)16-5-4-7-9(16)2-1-3-10(7)17(19)20/h1-3,6H,4-5H2,(H,14,15). The lowest BCUT2D eigenvalue weighted by atomic mass is 10.1. The number of halogens is 1. The van der Waals surface area contributed by atoms with Gasteiger partial charge in [0.1, 0.15) is 5.69 Å². The minimum Gasteiger partial charge on any atom is -0.306 e. The monoisotopic (exact) mass is 336 g/mol. The molecule has 1 aliphatic heterocycles. The molecule has 7 nitrogen and oxygen atoms in total. The van der Waals surface area contributed by atoms with Gasteiger partial charge in [-0.2, -0.15) is 5.10 Å². The molecule has 1 N–H and O–H groups in total. The number of hydrogen-bond donors (Lipinski definition) is 1. The number of nitrogens with zero attached hydrogens (tertiary/aromatic N) is 3. The van der Waals surface area contributed by atoms with Gasteiger partial charge in [0, 0.05) is 12.6 Å². The molecule has 102 valence electrons. The van der Waals surface area contributed by atoms with Crippen LogP contribution < -0.4 is 4.90 Å². The number of rotatable bonds is 2. The highest BCUT2D eigenvalue weighted by Crippen LogP contribution is 2.35. The van der Waals surface area contributed by atoms with E-state index in [1.54, 1.807) is 12.1 Å². The Morgan fingerprint density at radius 2 is 2.30 bits per heavy atom. The van der Waals surface area contributed by atoms with Crippen LogP contribution in [0, 0.1) is 10.1 Å². The smallest absolute Gasteiger partial charge is 0.277 e. The molecule has 0 radical (unpaired) electrons.